The van der Waals surface area contributed by atoms with E-state index >= 15 is 0 Å². The summed E-state index contributed by atoms with van der Waals surface area (Å²) in [5.41, 5.74) is 0.586. The number of carbonyl (C=O) groups excluding carboxylic acids is 2. The summed E-state index contributed by atoms with van der Waals surface area (Å²) >= 11 is 13.1. The molecule has 1 aliphatic rings. The van der Waals surface area contributed by atoms with Crippen molar-refractivity contribution in [1.82, 2.24) is 4.98 Å². The van der Waals surface area contributed by atoms with Crippen molar-refractivity contribution in [3.8, 4) is 0 Å². The fraction of sp³-hybridized carbons (Fsp3) is 0. The largest absolute Gasteiger partial charge is 0.350 e. The highest BCUT2D eigenvalue weighted by Gasteiger charge is 2.38. The van der Waals surface area contributed by atoms with E-state index in [1.54, 1.807) is 17.5 Å². The average Bonchev–Trinajstić information content (AvgIpc) is 3.32. The molecule has 2 heterocycles. The number of aromatic nitrogens is 1. The number of hydrogen-bond donors (Lipinski definition) is 2. The highest BCUT2D eigenvalue weighted by molar-refractivity contribution is 7.93. The van der Waals surface area contributed by atoms with Gasteiger partial charge in [0.2, 0.25) is 0 Å². The van der Waals surface area contributed by atoms with Gasteiger partial charge in [0.25, 0.3) is 21.8 Å². The van der Waals surface area contributed by atoms with Crippen LogP contribution in [0.25, 0.3) is 0 Å². The van der Waals surface area contributed by atoms with Crippen molar-refractivity contribution in [3.05, 3.63) is 75.9 Å². The van der Waals surface area contributed by atoms with Gasteiger partial charge in [-0.25, -0.2) is 18.3 Å². The Balaban J connectivity index is 1.53. The van der Waals surface area contributed by atoms with Crippen molar-refractivity contribution >= 4 is 72.9 Å². The maximum absolute atomic E-state index is 12.8. The zero-order valence-electron chi connectivity index (χ0n) is 15.4. The molecule has 0 atom stereocenters. The van der Waals surface area contributed by atoms with Crippen molar-refractivity contribution in [3.63, 3.8) is 0 Å². The van der Waals surface area contributed by atoms with Gasteiger partial charge in [0, 0.05) is 22.3 Å². The predicted octanol–water partition coefficient (Wildman–Crippen LogP) is 4.03. The quantitative estimate of drug-likeness (QED) is 0.500. The van der Waals surface area contributed by atoms with Gasteiger partial charge in [-0.15, -0.1) is 11.3 Å². The highest BCUT2D eigenvalue weighted by atomic mass is 35.5. The number of nitrogens with zero attached hydrogens (tertiary/aromatic N) is 2. The number of amides is 2. The van der Waals surface area contributed by atoms with E-state index in [0.29, 0.717) is 16.4 Å². The third-order valence-electron chi connectivity index (χ3n) is 4.20. The molecule has 2 aromatic carbocycles. The molecule has 4 rings (SSSR count). The summed E-state index contributed by atoms with van der Waals surface area (Å²) in [6.07, 6.45) is 1.49. The van der Waals surface area contributed by atoms with Gasteiger partial charge < -0.3 is 5.32 Å². The first-order valence-corrected chi connectivity index (χ1v) is 11.7. The van der Waals surface area contributed by atoms with E-state index in [9.17, 15) is 18.0 Å². The third-order valence-corrected chi connectivity index (χ3v) is 6.98. The molecule has 0 spiro atoms. The number of hydrogen-bond acceptors (Lipinski definition) is 7. The Kier molecular flexibility index (Phi) is 5.71. The minimum atomic E-state index is -3.81. The molecule has 0 unspecified atom stereocenters. The molecule has 31 heavy (non-hydrogen) atoms. The molecule has 0 aliphatic carbocycles. The van der Waals surface area contributed by atoms with E-state index in [1.165, 1.54) is 42.6 Å². The molecular weight excluding hydrogens is 483 g/mol. The molecule has 2 N–H and O–H groups in total. The van der Waals surface area contributed by atoms with Crippen LogP contribution < -0.4 is 14.9 Å². The molecule has 0 bridgehead atoms. The average molecular weight is 495 g/mol. The van der Waals surface area contributed by atoms with Gasteiger partial charge >= 0.3 is 0 Å². The zero-order chi connectivity index (χ0) is 22.2. The molecule has 12 heteroatoms. The Hall–Kier alpha value is -2.92. The fourth-order valence-corrected chi connectivity index (χ4v) is 4.87. The Morgan fingerprint density at radius 3 is 2.23 bits per heavy atom. The van der Waals surface area contributed by atoms with Crippen LogP contribution in [0.5, 0.6) is 0 Å². The molecule has 0 saturated heterocycles. The second-order valence-electron chi connectivity index (χ2n) is 6.20. The molecule has 0 radical (unpaired) electrons. The Bertz CT molecular complexity index is 1290. The summed E-state index contributed by atoms with van der Waals surface area (Å²) in [5.74, 6) is -1.32. The normalized spacial score (nSPS) is 14.3. The number of halogens is 2. The molecule has 1 aromatic heterocycles. The maximum Gasteiger partial charge on any atom is 0.283 e. The van der Waals surface area contributed by atoms with E-state index in [-0.39, 0.29) is 20.8 Å². The number of rotatable bonds is 6. The van der Waals surface area contributed by atoms with E-state index in [4.69, 9.17) is 23.2 Å². The first-order valence-electron chi connectivity index (χ1n) is 8.60. The fourth-order valence-electron chi connectivity index (χ4n) is 2.75. The van der Waals surface area contributed by atoms with Crippen LogP contribution in [0.4, 0.5) is 16.5 Å². The van der Waals surface area contributed by atoms with Crippen molar-refractivity contribution in [1.29, 1.82) is 0 Å². The number of anilines is 3. The van der Waals surface area contributed by atoms with Crippen LogP contribution in [-0.4, -0.2) is 25.2 Å². The molecule has 158 valence electrons. The van der Waals surface area contributed by atoms with Crippen LogP contribution in [0.3, 0.4) is 0 Å². The monoisotopic (exact) mass is 494 g/mol. The van der Waals surface area contributed by atoms with Crippen LogP contribution in [0.15, 0.2) is 75.7 Å². The molecule has 3 aromatic rings. The van der Waals surface area contributed by atoms with Crippen LogP contribution in [0.2, 0.25) is 5.02 Å². The van der Waals surface area contributed by atoms with E-state index < -0.39 is 21.8 Å². The molecule has 0 fully saturated rings. The number of carbonyl (C=O) groups is 2. The van der Waals surface area contributed by atoms with Crippen molar-refractivity contribution < 1.29 is 18.0 Å². The van der Waals surface area contributed by atoms with Crippen molar-refractivity contribution in [2.24, 2.45) is 0 Å². The van der Waals surface area contributed by atoms with Gasteiger partial charge in [0.1, 0.15) is 10.7 Å². The number of benzene rings is 2. The first kappa shape index (κ1) is 21.3. The maximum atomic E-state index is 12.8. The lowest BCUT2D eigenvalue weighted by Crippen LogP contribution is -2.32. The SMILES string of the molecule is O=C1C(Cl)=C(Nc2ccc(S(=O)(=O)Nc3nccs3)cc2)C(=O)N1c1ccc(Cl)cc1. The predicted molar refractivity (Wildman–Crippen MR) is 120 cm³/mol. The summed E-state index contributed by atoms with van der Waals surface area (Å²) < 4.78 is 27.2. The van der Waals surface area contributed by atoms with Crippen LogP contribution in [-0.2, 0) is 19.6 Å². The minimum absolute atomic E-state index is 0.00458. The van der Waals surface area contributed by atoms with E-state index in [2.05, 4.69) is 15.0 Å². The van der Waals surface area contributed by atoms with Crippen LogP contribution in [0.1, 0.15) is 0 Å². The number of thiazole rings is 1. The molecule has 2 amide bonds. The third kappa shape index (κ3) is 4.28. The zero-order valence-corrected chi connectivity index (χ0v) is 18.5. The van der Waals surface area contributed by atoms with Crippen molar-refractivity contribution in [2.45, 2.75) is 4.90 Å². The van der Waals surface area contributed by atoms with Crippen LogP contribution in [0, 0.1) is 0 Å². The first-order chi connectivity index (χ1) is 14.8. The standard InChI is InChI=1S/C19H12Cl2N4O4S2/c20-11-1-5-13(6-2-11)25-17(26)15(21)16(18(25)27)23-12-3-7-14(8-4-12)31(28,29)24-19-22-9-10-30-19/h1-10,23H,(H,22,24). The van der Waals surface area contributed by atoms with Gasteiger partial charge in [-0.2, -0.15) is 0 Å². The molecule has 8 nitrogen and oxygen atoms in total. The highest BCUT2D eigenvalue weighted by Crippen LogP contribution is 2.31. The second kappa shape index (κ2) is 8.31. The summed E-state index contributed by atoms with van der Waals surface area (Å²) in [6.45, 7) is 0. The molecule has 0 saturated carbocycles. The smallest absolute Gasteiger partial charge is 0.283 e. The summed E-state index contributed by atoms with van der Waals surface area (Å²) in [6, 6.07) is 11.8. The van der Waals surface area contributed by atoms with Gasteiger partial charge in [0.15, 0.2) is 5.13 Å². The number of sulfonamides is 1. The molecular formula is C19H12Cl2N4O4S2. The second-order valence-corrected chi connectivity index (χ2v) is 9.59. The lowest BCUT2D eigenvalue weighted by Gasteiger charge is -2.15. The van der Waals surface area contributed by atoms with E-state index in [0.717, 1.165) is 16.2 Å². The summed E-state index contributed by atoms with van der Waals surface area (Å²) in [7, 11) is -3.81. The Labute approximate surface area is 191 Å². The molecule has 1 aliphatic heterocycles. The minimum Gasteiger partial charge on any atom is -0.350 e. The Morgan fingerprint density at radius 1 is 0.935 bits per heavy atom. The summed E-state index contributed by atoms with van der Waals surface area (Å²) in [4.78, 5) is 30.1. The topological polar surface area (TPSA) is 108 Å². The Morgan fingerprint density at radius 2 is 1.61 bits per heavy atom. The van der Waals surface area contributed by atoms with Crippen LogP contribution >= 0.6 is 34.5 Å². The van der Waals surface area contributed by atoms with Gasteiger partial charge in [-0.05, 0) is 48.5 Å². The van der Waals surface area contributed by atoms with Gasteiger partial charge in [-0.3, -0.25) is 14.3 Å². The van der Waals surface area contributed by atoms with Gasteiger partial charge in [-0.1, -0.05) is 23.2 Å². The van der Waals surface area contributed by atoms with E-state index in [1.807, 2.05) is 0 Å². The number of nitrogens with one attached hydrogen (secondary N) is 2. The summed E-state index contributed by atoms with van der Waals surface area (Å²) in [5, 5.41) is 4.87. The van der Waals surface area contributed by atoms with Crippen molar-refractivity contribution in [2.75, 3.05) is 14.9 Å². The lowest BCUT2D eigenvalue weighted by atomic mass is 10.3. The van der Waals surface area contributed by atoms with Gasteiger partial charge in [0.05, 0.1) is 10.6 Å². The number of imide groups is 1. The lowest BCUT2D eigenvalue weighted by molar-refractivity contribution is -0.120.